The highest BCUT2D eigenvalue weighted by molar-refractivity contribution is 5.99. The molecule has 0 saturated heterocycles. The Morgan fingerprint density at radius 3 is 2.61 bits per heavy atom. The summed E-state index contributed by atoms with van der Waals surface area (Å²) in [7, 11) is 0. The van der Waals surface area contributed by atoms with Gasteiger partial charge in [-0.2, -0.15) is 0 Å². The van der Waals surface area contributed by atoms with Gasteiger partial charge in [-0.25, -0.2) is 4.68 Å². The lowest BCUT2D eigenvalue weighted by atomic mass is 9.86. The number of nitrogens with zero attached hydrogens (tertiary/aromatic N) is 3. The van der Waals surface area contributed by atoms with E-state index in [1.165, 1.54) is 6.20 Å². The Morgan fingerprint density at radius 1 is 1.33 bits per heavy atom. The molecule has 0 atom stereocenters. The Hall–Kier alpha value is -2.01. The number of hydrogen-bond donors (Lipinski definition) is 1. The molecule has 2 rings (SSSR count). The maximum atomic E-state index is 12.4. The average Bonchev–Trinajstić information content (AvgIpc) is 2.87. The summed E-state index contributed by atoms with van der Waals surface area (Å²) >= 11 is 0. The van der Waals surface area contributed by atoms with Crippen LogP contribution < -0.4 is 5.73 Å². The molecule has 2 N–H and O–H groups in total. The second kappa shape index (κ2) is 4.70. The molecule has 0 saturated carbocycles. The van der Waals surface area contributed by atoms with Crippen molar-refractivity contribution in [2.45, 2.75) is 13.8 Å². The molecule has 94 valence electrons. The van der Waals surface area contributed by atoms with Crippen molar-refractivity contribution in [1.82, 2.24) is 15.0 Å². The minimum atomic E-state index is -0.617. The first kappa shape index (κ1) is 12.4. The van der Waals surface area contributed by atoms with Gasteiger partial charge in [0.05, 0.1) is 11.9 Å². The van der Waals surface area contributed by atoms with Crippen molar-refractivity contribution in [3.8, 4) is 5.69 Å². The zero-order valence-corrected chi connectivity index (χ0v) is 10.5. The summed E-state index contributed by atoms with van der Waals surface area (Å²) in [4.78, 5) is 12.4. The van der Waals surface area contributed by atoms with E-state index >= 15 is 0 Å². The van der Waals surface area contributed by atoms with E-state index in [0.29, 0.717) is 5.69 Å². The van der Waals surface area contributed by atoms with Crippen LogP contribution in [0.1, 0.15) is 24.3 Å². The summed E-state index contributed by atoms with van der Waals surface area (Å²) in [6, 6.07) is 9.44. The molecule has 1 aromatic heterocycles. The summed E-state index contributed by atoms with van der Waals surface area (Å²) in [6.45, 7) is 3.92. The van der Waals surface area contributed by atoms with Gasteiger partial charge in [-0.05, 0) is 12.1 Å². The standard InChI is InChI=1S/C13H16N4O/c1-13(2,9-14)12(18)11-8-15-16-17(11)10-6-4-3-5-7-10/h3-8H,9,14H2,1-2H3. The molecule has 5 heteroatoms. The monoisotopic (exact) mass is 244 g/mol. The number of ketones is 1. The molecule has 0 bridgehead atoms. The molecule has 5 nitrogen and oxygen atoms in total. The number of aromatic nitrogens is 3. The average molecular weight is 244 g/mol. The van der Waals surface area contributed by atoms with E-state index in [2.05, 4.69) is 10.3 Å². The highest BCUT2D eigenvalue weighted by Crippen LogP contribution is 2.21. The Bertz CT molecular complexity index is 545. The van der Waals surface area contributed by atoms with Crippen molar-refractivity contribution in [3.05, 3.63) is 42.2 Å². The van der Waals surface area contributed by atoms with Crippen LogP contribution in [-0.2, 0) is 0 Å². The van der Waals surface area contributed by atoms with E-state index in [9.17, 15) is 4.79 Å². The summed E-state index contributed by atoms with van der Waals surface area (Å²) in [5, 5.41) is 7.78. The summed E-state index contributed by atoms with van der Waals surface area (Å²) in [6.07, 6.45) is 1.48. The van der Waals surface area contributed by atoms with Crippen molar-refractivity contribution < 1.29 is 4.79 Å². The molecule has 1 heterocycles. The SMILES string of the molecule is CC(C)(CN)C(=O)c1cnnn1-c1ccccc1. The number of carbonyl (C=O) groups excluding carboxylic acids is 1. The number of hydrogen-bond acceptors (Lipinski definition) is 4. The molecule has 0 aliphatic carbocycles. The Labute approximate surface area is 106 Å². The predicted octanol–water partition coefficient (Wildman–Crippen LogP) is 1.43. The van der Waals surface area contributed by atoms with Crippen molar-refractivity contribution >= 4 is 5.78 Å². The smallest absolute Gasteiger partial charge is 0.189 e. The Balaban J connectivity index is 2.44. The maximum Gasteiger partial charge on any atom is 0.189 e. The molecule has 0 radical (unpaired) electrons. The molecule has 0 unspecified atom stereocenters. The summed E-state index contributed by atoms with van der Waals surface area (Å²) in [5.41, 5.74) is 6.28. The van der Waals surface area contributed by atoms with Gasteiger partial charge in [-0.15, -0.1) is 5.10 Å². The molecule has 0 aliphatic rings. The fraction of sp³-hybridized carbons (Fsp3) is 0.308. The first-order valence-corrected chi connectivity index (χ1v) is 5.77. The number of para-hydroxylation sites is 1. The van der Waals surface area contributed by atoms with Gasteiger partial charge in [-0.1, -0.05) is 37.3 Å². The Kier molecular flexibility index (Phi) is 3.25. The van der Waals surface area contributed by atoms with Gasteiger partial charge < -0.3 is 5.73 Å². The van der Waals surface area contributed by atoms with Crippen LogP contribution in [-0.4, -0.2) is 27.3 Å². The number of benzene rings is 1. The lowest BCUT2D eigenvalue weighted by Gasteiger charge is -2.20. The van der Waals surface area contributed by atoms with Gasteiger partial charge in [0, 0.05) is 12.0 Å². The van der Waals surface area contributed by atoms with Crippen LogP contribution in [0.4, 0.5) is 0 Å². The predicted molar refractivity (Wildman–Crippen MR) is 68.5 cm³/mol. The minimum absolute atomic E-state index is 0.0566. The van der Waals surface area contributed by atoms with E-state index in [1.807, 2.05) is 44.2 Å². The number of carbonyl (C=O) groups is 1. The third kappa shape index (κ3) is 2.17. The molecule has 1 aromatic carbocycles. The van der Waals surface area contributed by atoms with Gasteiger partial charge in [0.25, 0.3) is 0 Å². The topological polar surface area (TPSA) is 73.8 Å². The van der Waals surface area contributed by atoms with E-state index in [-0.39, 0.29) is 12.3 Å². The highest BCUT2D eigenvalue weighted by Gasteiger charge is 2.30. The molecular formula is C13H16N4O. The molecule has 0 amide bonds. The van der Waals surface area contributed by atoms with Crippen molar-refractivity contribution in [2.75, 3.05) is 6.54 Å². The maximum absolute atomic E-state index is 12.4. The van der Waals surface area contributed by atoms with Crippen molar-refractivity contribution in [2.24, 2.45) is 11.1 Å². The quantitative estimate of drug-likeness (QED) is 0.826. The summed E-state index contributed by atoms with van der Waals surface area (Å²) in [5.74, 6) is -0.0566. The van der Waals surface area contributed by atoms with E-state index in [4.69, 9.17) is 5.73 Å². The fourth-order valence-corrected chi connectivity index (χ4v) is 1.59. The van der Waals surface area contributed by atoms with E-state index < -0.39 is 5.41 Å². The van der Waals surface area contributed by atoms with Crippen molar-refractivity contribution in [1.29, 1.82) is 0 Å². The highest BCUT2D eigenvalue weighted by atomic mass is 16.1. The third-order valence-corrected chi connectivity index (χ3v) is 2.91. The van der Waals surface area contributed by atoms with E-state index in [1.54, 1.807) is 4.68 Å². The first-order chi connectivity index (χ1) is 8.56. The number of nitrogens with two attached hydrogens (primary N) is 1. The minimum Gasteiger partial charge on any atom is -0.329 e. The van der Waals surface area contributed by atoms with Crippen LogP contribution in [0.5, 0.6) is 0 Å². The second-order valence-corrected chi connectivity index (χ2v) is 4.78. The molecule has 0 spiro atoms. The zero-order valence-electron chi connectivity index (χ0n) is 10.5. The van der Waals surface area contributed by atoms with Crippen LogP contribution in [0, 0.1) is 5.41 Å². The number of Topliss-reactive ketones (excluding diaryl/α,β-unsaturated/α-hetero) is 1. The molecule has 0 fully saturated rings. The fourth-order valence-electron chi connectivity index (χ4n) is 1.59. The number of rotatable bonds is 4. The van der Waals surface area contributed by atoms with Crippen molar-refractivity contribution in [3.63, 3.8) is 0 Å². The van der Waals surface area contributed by atoms with Crippen LogP contribution in [0.3, 0.4) is 0 Å². The largest absolute Gasteiger partial charge is 0.329 e. The van der Waals surface area contributed by atoms with Gasteiger partial charge in [0.15, 0.2) is 5.78 Å². The first-order valence-electron chi connectivity index (χ1n) is 5.77. The van der Waals surface area contributed by atoms with Gasteiger partial charge in [0.2, 0.25) is 0 Å². The third-order valence-electron chi connectivity index (χ3n) is 2.91. The van der Waals surface area contributed by atoms with E-state index in [0.717, 1.165) is 5.69 Å². The molecule has 0 aliphatic heterocycles. The van der Waals surface area contributed by atoms with Crippen LogP contribution in [0.15, 0.2) is 36.5 Å². The van der Waals surface area contributed by atoms with Gasteiger partial charge >= 0.3 is 0 Å². The lowest BCUT2D eigenvalue weighted by molar-refractivity contribution is 0.0839. The van der Waals surface area contributed by atoms with Crippen LogP contribution >= 0.6 is 0 Å². The van der Waals surface area contributed by atoms with Crippen LogP contribution in [0.2, 0.25) is 0 Å². The molecule has 18 heavy (non-hydrogen) atoms. The second-order valence-electron chi connectivity index (χ2n) is 4.78. The zero-order chi connectivity index (χ0) is 13.2. The lowest BCUT2D eigenvalue weighted by Crippen LogP contribution is -2.34. The normalized spacial score (nSPS) is 11.5. The summed E-state index contributed by atoms with van der Waals surface area (Å²) < 4.78 is 1.54. The molecule has 2 aromatic rings. The van der Waals surface area contributed by atoms with Gasteiger partial charge in [-0.3, -0.25) is 4.79 Å². The van der Waals surface area contributed by atoms with Crippen LogP contribution in [0.25, 0.3) is 5.69 Å². The molecular weight excluding hydrogens is 228 g/mol. The van der Waals surface area contributed by atoms with Gasteiger partial charge in [0.1, 0.15) is 5.69 Å². The Morgan fingerprint density at radius 2 is 2.00 bits per heavy atom.